The fourth-order valence-electron chi connectivity index (χ4n) is 3.52. The molecule has 0 saturated heterocycles. The number of carbonyl (C=O) groups is 1. The first-order valence-electron chi connectivity index (χ1n) is 10.6. The second-order valence-electron chi connectivity index (χ2n) is 8.89. The van der Waals surface area contributed by atoms with Gasteiger partial charge in [-0.05, 0) is 38.5 Å². The van der Waals surface area contributed by atoms with Crippen molar-refractivity contribution in [2.75, 3.05) is 11.1 Å². The van der Waals surface area contributed by atoms with E-state index in [-0.39, 0.29) is 23.0 Å². The Morgan fingerprint density at radius 3 is 2.58 bits per heavy atom. The fourth-order valence-corrected chi connectivity index (χ4v) is 3.52. The number of H-pyrrole nitrogens is 1. The molecule has 8 nitrogen and oxygen atoms in total. The van der Waals surface area contributed by atoms with Crippen LogP contribution in [0.5, 0.6) is 0 Å². The number of hydrogen-bond acceptors (Lipinski definition) is 6. The summed E-state index contributed by atoms with van der Waals surface area (Å²) in [5.74, 6) is 0.547. The van der Waals surface area contributed by atoms with E-state index in [1.54, 1.807) is 6.07 Å². The highest BCUT2D eigenvalue weighted by Crippen LogP contribution is 2.26. The van der Waals surface area contributed by atoms with E-state index in [2.05, 4.69) is 25.6 Å². The van der Waals surface area contributed by atoms with Crippen LogP contribution in [0, 0.1) is 5.41 Å². The van der Waals surface area contributed by atoms with Crippen molar-refractivity contribution >= 4 is 34.2 Å². The van der Waals surface area contributed by atoms with E-state index in [0.717, 1.165) is 16.5 Å². The van der Waals surface area contributed by atoms with Crippen molar-refractivity contribution in [2.24, 2.45) is 0 Å². The van der Waals surface area contributed by atoms with Crippen LogP contribution in [-0.4, -0.2) is 32.1 Å². The quantitative estimate of drug-likeness (QED) is 0.287. The van der Waals surface area contributed by atoms with Crippen LogP contribution in [0.3, 0.4) is 0 Å². The molecule has 0 bridgehead atoms. The molecule has 4 aromatic rings. The highest BCUT2D eigenvalue weighted by atomic mass is 16.1. The molecule has 0 saturated carbocycles. The van der Waals surface area contributed by atoms with E-state index in [1.807, 2.05) is 69.3 Å². The standard InChI is InChI=1S/C25H27N7O/c1-25(2,3)32-23-20(22(27)29-14-30-23)21(26)17-10-9-16-11-19(31-18(16)12-17)24(33)28-13-15-7-5-4-6-8-15/h4-12,14,26,31H,13H2,1-3H3,(H,28,33)(H3,27,29,30,32). The van der Waals surface area contributed by atoms with E-state index >= 15 is 0 Å². The first-order chi connectivity index (χ1) is 15.7. The van der Waals surface area contributed by atoms with Crippen LogP contribution < -0.4 is 16.4 Å². The summed E-state index contributed by atoms with van der Waals surface area (Å²) in [6.45, 7) is 6.47. The minimum absolute atomic E-state index is 0.191. The highest BCUT2D eigenvalue weighted by Gasteiger charge is 2.20. The Morgan fingerprint density at radius 1 is 1.09 bits per heavy atom. The summed E-state index contributed by atoms with van der Waals surface area (Å²) in [6, 6.07) is 17.1. The number of aromatic amines is 1. The Kier molecular flexibility index (Phi) is 5.83. The van der Waals surface area contributed by atoms with Gasteiger partial charge in [0, 0.05) is 28.6 Å². The van der Waals surface area contributed by atoms with Gasteiger partial charge in [-0.3, -0.25) is 10.2 Å². The predicted molar refractivity (Wildman–Crippen MR) is 132 cm³/mol. The number of rotatable bonds is 6. The van der Waals surface area contributed by atoms with Gasteiger partial charge in [-0.25, -0.2) is 9.97 Å². The van der Waals surface area contributed by atoms with Crippen molar-refractivity contribution in [2.45, 2.75) is 32.9 Å². The van der Waals surface area contributed by atoms with Gasteiger partial charge in [0.05, 0.1) is 11.3 Å². The molecule has 6 N–H and O–H groups in total. The molecular weight excluding hydrogens is 414 g/mol. The van der Waals surface area contributed by atoms with Crippen molar-refractivity contribution in [3.05, 3.63) is 83.3 Å². The lowest BCUT2D eigenvalue weighted by molar-refractivity contribution is 0.0946. The third kappa shape index (κ3) is 5.01. The number of fused-ring (bicyclic) bond motifs is 1. The molecule has 0 aliphatic rings. The maximum absolute atomic E-state index is 12.6. The summed E-state index contributed by atoms with van der Waals surface area (Å²) in [4.78, 5) is 24.2. The topological polar surface area (TPSA) is 133 Å². The van der Waals surface area contributed by atoms with Gasteiger partial charge in [0.15, 0.2) is 0 Å². The van der Waals surface area contributed by atoms with E-state index in [1.165, 1.54) is 6.33 Å². The first-order valence-corrected chi connectivity index (χ1v) is 10.6. The SMILES string of the molecule is CC(C)(C)Nc1ncnc(N)c1C(=N)c1ccc2cc(C(=O)NCc3ccccc3)[nH]c2c1. The minimum atomic E-state index is -0.263. The summed E-state index contributed by atoms with van der Waals surface area (Å²) >= 11 is 0. The lowest BCUT2D eigenvalue weighted by Crippen LogP contribution is -2.28. The third-order valence-corrected chi connectivity index (χ3v) is 5.07. The number of nitrogens with one attached hydrogen (secondary N) is 4. The van der Waals surface area contributed by atoms with Gasteiger partial charge in [-0.15, -0.1) is 0 Å². The third-order valence-electron chi connectivity index (χ3n) is 5.07. The van der Waals surface area contributed by atoms with Gasteiger partial charge in [0.25, 0.3) is 5.91 Å². The molecule has 4 rings (SSSR count). The van der Waals surface area contributed by atoms with Crippen LogP contribution >= 0.6 is 0 Å². The average Bonchev–Trinajstić information content (AvgIpc) is 3.20. The molecule has 8 heteroatoms. The summed E-state index contributed by atoms with van der Waals surface area (Å²) < 4.78 is 0. The maximum Gasteiger partial charge on any atom is 0.267 e. The molecule has 2 heterocycles. The van der Waals surface area contributed by atoms with Gasteiger partial charge < -0.3 is 21.4 Å². The summed E-state index contributed by atoms with van der Waals surface area (Å²) in [7, 11) is 0. The molecular formula is C25H27N7O. The monoisotopic (exact) mass is 441 g/mol. The molecule has 0 unspecified atom stereocenters. The number of aromatic nitrogens is 3. The van der Waals surface area contributed by atoms with Crippen LogP contribution in [0.2, 0.25) is 0 Å². The zero-order valence-corrected chi connectivity index (χ0v) is 18.9. The molecule has 1 amide bonds. The first kappa shape index (κ1) is 22.0. The Balaban J connectivity index is 1.59. The van der Waals surface area contributed by atoms with Gasteiger partial charge in [-0.1, -0.05) is 42.5 Å². The average molecular weight is 442 g/mol. The number of anilines is 2. The molecule has 2 aromatic carbocycles. The number of hydrogen-bond donors (Lipinski definition) is 5. The number of amides is 1. The van der Waals surface area contributed by atoms with Crippen molar-refractivity contribution in [3.63, 3.8) is 0 Å². The molecule has 0 spiro atoms. The Morgan fingerprint density at radius 2 is 1.85 bits per heavy atom. The zero-order valence-electron chi connectivity index (χ0n) is 18.9. The fraction of sp³-hybridized carbons (Fsp3) is 0.200. The molecule has 0 aliphatic carbocycles. The normalized spacial score (nSPS) is 11.4. The largest absolute Gasteiger partial charge is 0.383 e. The second kappa shape index (κ2) is 8.74. The van der Waals surface area contributed by atoms with Crippen molar-refractivity contribution in [1.29, 1.82) is 5.41 Å². The second-order valence-corrected chi connectivity index (χ2v) is 8.89. The van der Waals surface area contributed by atoms with Crippen molar-refractivity contribution < 1.29 is 4.79 Å². The van der Waals surface area contributed by atoms with E-state index in [4.69, 9.17) is 11.1 Å². The van der Waals surface area contributed by atoms with E-state index < -0.39 is 0 Å². The van der Waals surface area contributed by atoms with Gasteiger partial charge in [0.2, 0.25) is 0 Å². The molecule has 168 valence electrons. The smallest absolute Gasteiger partial charge is 0.267 e. The van der Waals surface area contributed by atoms with E-state index in [0.29, 0.717) is 29.2 Å². The Hall–Kier alpha value is -4.20. The lowest BCUT2D eigenvalue weighted by atomic mass is 10.0. The van der Waals surface area contributed by atoms with Gasteiger partial charge in [0.1, 0.15) is 23.7 Å². The van der Waals surface area contributed by atoms with Crippen LogP contribution in [0.4, 0.5) is 11.6 Å². The summed E-state index contributed by atoms with van der Waals surface area (Å²) in [5.41, 5.74) is 9.38. The maximum atomic E-state index is 12.6. The predicted octanol–water partition coefficient (Wildman–Crippen LogP) is 4.10. The number of benzene rings is 2. The summed E-state index contributed by atoms with van der Waals surface area (Å²) in [5, 5.41) is 15.9. The zero-order chi connectivity index (χ0) is 23.6. The lowest BCUT2D eigenvalue weighted by Gasteiger charge is -2.23. The van der Waals surface area contributed by atoms with Crippen LogP contribution in [0.1, 0.15) is 48.0 Å². The molecule has 0 fully saturated rings. The molecule has 2 aromatic heterocycles. The van der Waals surface area contributed by atoms with Crippen LogP contribution in [0.25, 0.3) is 10.9 Å². The number of carbonyl (C=O) groups excluding carboxylic acids is 1. The van der Waals surface area contributed by atoms with Crippen molar-refractivity contribution in [1.82, 2.24) is 20.3 Å². The van der Waals surface area contributed by atoms with E-state index in [9.17, 15) is 4.79 Å². The molecule has 0 radical (unpaired) electrons. The highest BCUT2D eigenvalue weighted by molar-refractivity contribution is 6.17. The minimum Gasteiger partial charge on any atom is -0.383 e. The molecule has 0 atom stereocenters. The van der Waals surface area contributed by atoms with Crippen molar-refractivity contribution in [3.8, 4) is 0 Å². The number of nitrogens with zero attached hydrogens (tertiary/aromatic N) is 2. The molecule has 33 heavy (non-hydrogen) atoms. The van der Waals surface area contributed by atoms with Gasteiger partial charge in [-0.2, -0.15) is 0 Å². The van der Waals surface area contributed by atoms with Crippen LogP contribution in [0.15, 0.2) is 60.9 Å². The van der Waals surface area contributed by atoms with Gasteiger partial charge >= 0.3 is 0 Å². The Bertz CT molecular complexity index is 1320. The number of nitrogen functional groups attached to an aromatic ring is 1. The molecule has 0 aliphatic heterocycles. The number of nitrogens with two attached hydrogens (primary N) is 1. The Labute approximate surface area is 192 Å². The van der Waals surface area contributed by atoms with Crippen LogP contribution in [-0.2, 0) is 6.54 Å². The summed E-state index contributed by atoms with van der Waals surface area (Å²) in [6.07, 6.45) is 1.38.